The van der Waals surface area contributed by atoms with Gasteiger partial charge in [0.05, 0.1) is 15.6 Å². The molecule has 0 aliphatic carbocycles. The van der Waals surface area contributed by atoms with Gasteiger partial charge in [0.2, 0.25) is 11.1 Å². The number of benzene rings is 1. The highest BCUT2D eigenvalue weighted by molar-refractivity contribution is 6.33. The van der Waals surface area contributed by atoms with Crippen LogP contribution in [0.15, 0.2) is 24.4 Å². The van der Waals surface area contributed by atoms with Crippen molar-refractivity contribution in [2.75, 3.05) is 5.32 Å². The van der Waals surface area contributed by atoms with Crippen molar-refractivity contribution in [2.45, 2.75) is 6.92 Å². The Morgan fingerprint density at radius 3 is 2.79 bits per heavy atom. The van der Waals surface area contributed by atoms with E-state index >= 15 is 0 Å². The molecule has 1 N–H and O–H groups in total. The van der Waals surface area contributed by atoms with Gasteiger partial charge in [-0.15, -0.1) is 0 Å². The van der Waals surface area contributed by atoms with Gasteiger partial charge in [0.15, 0.2) is 0 Å². The van der Waals surface area contributed by atoms with E-state index in [4.69, 9.17) is 23.2 Å². The lowest BCUT2D eigenvalue weighted by Crippen LogP contribution is -2.01. The lowest BCUT2D eigenvalue weighted by Gasteiger charge is -2.08. The Morgan fingerprint density at radius 2 is 2.11 bits per heavy atom. The van der Waals surface area contributed by atoms with E-state index in [1.807, 2.05) is 13.0 Å². The van der Waals surface area contributed by atoms with Crippen molar-refractivity contribution in [1.82, 2.24) is 9.97 Å². The number of hydrogen-bond donors (Lipinski definition) is 1. The highest BCUT2D eigenvalue weighted by Gasteiger charge is 2.17. The number of anilines is 2. The minimum absolute atomic E-state index is 0.00231. The number of halogens is 2. The molecule has 8 heteroatoms. The second-order valence-electron chi connectivity index (χ2n) is 3.74. The number of rotatable bonds is 3. The van der Waals surface area contributed by atoms with E-state index in [1.54, 1.807) is 12.1 Å². The molecule has 1 heterocycles. The predicted octanol–water partition coefficient (Wildman–Crippen LogP) is 3.74. The van der Waals surface area contributed by atoms with Crippen molar-refractivity contribution < 1.29 is 4.92 Å². The van der Waals surface area contributed by atoms with Gasteiger partial charge in [0.1, 0.15) is 6.20 Å². The zero-order valence-corrected chi connectivity index (χ0v) is 11.2. The lowest BCUT2D eigenvalue weighted by atomic mass is 10.2. The van der Waals surface area contributed by atoms with E-state index in [2.05, 4.69) is 15.3 Å². The van der Waals surface area contributed by atoms with Gasteiger partial charge in [-0.3, -0.25) is 10.1 Å². The third-order valence-corrected chi connectivity index (χ3v) is 2.82. The lowest BCUT2D eigenvalue weighted by molar-refractivity contribution is -0.384. The monoisotopic (exact) mass is 298 g/mol. The summed E-state index contributed by atoms with van der Waals surface area (Å²) in [6.45, 7) is 1.88. The van der Waals surface area contributed by atoms with Gasteiger partial charge >= 0.3 is 5.69 Å². The molecule has 0 fully saturated rings. The van der Waals surface area contributed by atoms with Crippen LogP contribution >= 0.6 is 23.2 Å². The van der Waals surface area contributed by atoms with Crippen molar-refractivity contribution >= 4 is 40.4 Å². The van der Waals surface area contributed by atoms with Crippen molar-refractivity contribution in [3.8, 4) is 0 Å². The molecule has 0 unspecified atom stereocenters. The molecule has 98 valence electrons. The molecule has 2 rings (SSSR count). The molecular weight excluding hydrogens is 291 g/mol. The Balaban J connectivity index is 2.45. The fraction of sp³-hybridized carbons (Fsp3) is 0.0909. The maximum absolute atomic E-state index is 10.9. The summed E-state index contributed by atoms with van der Waals surface area (Å²) in [6.07, 6.45) is 1.04. The van der Waals surface area contributed by atoms with E-state index < -0.39 is 4.92 Å². The Kier molecular flexibility index (Phi) is 3.82. The highest BCUT2D eigenvalue weighted by Crippen LogP contribution is 2.30. The molecule has 19 heavy (non-hydrogen) atoms. The van der Waals surface area contributed by atoms with Crippen LogP contribution in [0.3, 0.4) is 0 Å². The molecule has 0 saturated heterocycles. The van der Waals surface area contributed by atoms with E-state index in [0.29, 0.717) is 10.7 Å². The van der Waals surface area contributed by atoms with Crippen LogP contribution in [0.25, 0.3) is 0 Å². The molecule has 0 radical (unpaired) electrons. The van der Waals surface area contributed by atoms with Crippen molar-refractivity contribution in [3.63, 3.8) is 0 Å². The van der Waals surface area contributed by atoms with E-state index in [-0.39, 0.29) is 16.8 Å². The zero-order chi connectivity index (χ0) is 14.0. The normalized spacial score (nSPS) is 10.3. The van der Waals surface area contributed by atoms with Crippen molar-refractivity contribution in [1.29, 1.82) is 0 Å². The van der Waals surface area contributed by atoms with Gasteiger partial charge in [0.25, 0.3) is 0 Å². The Bertz CT molecular complexity index is 649. The van der Waals surface area contributed by atoms with E-state index in [1.165, 1.54) is 0 Å². The van der Waals surface area contributed by atoms with Crippen LogP contribution in [-0.2, 0) is 0 Å². The number of hydrogen-bond acceptors (Lipinski definition) is 5. The summed E-state index contributed by atoms with van der Waals surface area (Å²) < 4.78 is 0. The molecule has 1 aromatic heterocycles. The van der Waals surface area contributed by atoms with Crippen LogP contribution in [-0.4, -0.2) is 14.9 Å². The summed E-state index contributed by atoms with van der Waals surface area (Å²) in [5.74, 6) is -0.00231. The third-order valence-electron chi connectivity index (χ3n) is 2.31. The molecule has 0 atom stereocenters. The summed E-state index contributed by atoms with van der Waals surface area (Å²) in [7, 11) is 0. The maximum Gasteiger partial charge on any atom is 0.329 e. The van der Waals surface area contributed by atoms with Crippen LogP contribution < -0.4 is 5.32 Å². The van der Waals surface area contributed by atoms with Crippen molar-refractivity contribution in [3.05, 3.63) is 50.4 Å². The molecule has 0 aliphatic rings. The maximum atomic E-state index is 10.9. The number of nitrogens with one attached hydrogen (secondary N) is 1. The van der Waals surface area contributed by atoms with Gasteiger partial charge in [0, 0.05) is 0 Å². The molecule has 6 nitrogen and oxygen atoms in total. The summed E-state index contributed by atoms with van der Waals surface area (Å²) in [6, 6.07) is 5.27. The van der Waals surface area contributed by atoms with Crippen LogP contribution in [0.1, 0.15) is 5.56 Å². The molecule has 0 saturated carbocycles. The average Bonchev–Trinajstić information content (AvgIpc) is 2.33. The van der Waals surface area contributed by atoms with E-state index in [9.17, 15) is 10.1 Å². The minimum Gasteiger partial charge on any atom is -0.333 e. The molecule has 1 aromatic carbocycles. The summed E-state index contributed by atoms with van der Waals surface area (Å²) in [5, 5.41) is 14.0. The van der Waals surface area contributed by atoms with Crippen LogP contribution in [0.2, 0.25) is 10.3 Å². The summed E-state index contributed by atoms with van der Waals surface area (Å²) in [4.78, 5) is 17.7. The second-order valence-corrected chi connectivity index (χ2v) is 4.48. The number of aryl methyl sites for hydroxylation is 1. The first-order valence-corrected chi connectivity index (χ1v) is 5.93. The van der Waals surface area contributed by atoms with E-state index in [0.717, 1.165) is 11.8 Å². The van der Waals surface area contributed by atoms with Crippen LogP contribution in [0.4, 0.5) is 17.2 Å². The first-order chi connectivity index (χ1) is 8.97. The Hall–Kier alpha value is -1.92. The van der Waals surface area contributed by atoms with Gasteiger partial charge < -0.3 is 5.32 Å². The molecule has 0 aliphatic heterocycles. The molecule has 0 amide bonds. The number of nitro groups is 1. The van der Waals surface area contributed by atoms with Crippen LogP contribution in [0.5, 0.6) is 0 Å². The molecule has 0 bridgehead atoms. The molecule has 0 spiro atoms. The molecular formula is C11H8Cl2N4O2. The standard InChI is InChI=1S/C11H8Cl2N4O2/c1-6-2-3-7(12)8(4-6)15-10-9(17(18)19)5-14-11(13)16-10/h2-5H,1H3,(H,14,15,16). The quantitative estimate of drug-likeness (QED) is 0.530. The van der Waals surface area contributed by atoms with Crippen LogP contribution in [0, 0.1) is 17.0 Å². The summed E-state index contributed by atoms with van der Waals surface area (Å²) in [5.41, 5.74) is 1.19. The highest BCUT2D eigenvalue weighted by atomic mass is 35.5. The first kappa shape index (κ1) is 13.5. The largest absolute Gasteiger partial charge is 0.333 e. The van der Waals surface area contributed by atoms with Gasteiger partial charge in [-0.1, -0.05) is 17.7 Å². The smallest absolute Gasteiger partial charge is 0.329 e. The number of nitrogens with zero attached hydrogens (tertiary/aromatic N) is 3. The fourth-order valence-electron chi connectivity index (χ4n) is 1.44. The number of aromatic nitrogens is 2. The van der Waals surface area contributed by atoms with Gasteiger partial charge in [-0.25, -0.2) is 4.98 Å². The third kappa shape index (κ3) is 3.10. The first-order valence-electron chi connectivity index (χ1n) is 5.17. The summed E-state index contributed by atoms with van der Waals surface area (Å²) >= 11 is 11.7. The minimum atomic E-state index is -0.595. The Morgan fingerprint density at radius 1 is 1.37 bits per heavy atom. The fourth-order valence-corrected chi connectivity index (χ4v) is 1.74. The van der Waals surface area contributed by atoms with Gasteiger partial charge in [-0.05, 0) is 36.2 Å². The second kappa shape index (κ2) is 5.38. The molecule has 2 aromatic rings. The van der Waals surface area contributed by atoms with Crippen molar-refractivity contribution in [2.24, 2.45) is 0 Å². The SMILES string of the molecule is Cc1ccc(Cl)c(Nc2nc(Cl)ncc2[N+](=O)[O-])c1. The Labute approximate surface area is 118 Å². The average molecular weight is 299 g/mol. The van der Waals surface area contributed by atoms with Gasteiger partial charge in [-0.2, -0.15) is 4.98 Å². The topological polar surface area (TPSA) is 81.0 Å². The zero-order valence-electron chi connectivity index (χ0n) is 9.72. The predicted molar refractivity (Wildman–Crippen MR) is 73.2 cm³/mol.